The summed E-state index contributed by atoms with van der Waals surface area (Å²) in [5.41, 5.74) is 1.72. The molecule has 0 heterocycles. The SMILES string of the molecule is CCNC(=NCc1ccc(OCCO)c(OC)c1)NC(C)c1ccc(OC)c(F)c1. The molecule has 2 aromatic carbocycles. The number of nitrogens with one attached hydrogen (secondary N) is 2. The number of benzene rings is 2. The first kappa shape index (κ1) is 23.3. The predicted octanol–water partition coefficient (Wildman–Crippen LogP) is 3.03. The van der Waals surface area contributed by atoms with Gasteiger partial charge in [-0.25, -0.2) is 9.38 Å². The van der Waals surface area contributed by atoms with Crippen LogP contribution in [-0.2, 0) is 6.54 Å². The van der Waals surface area contributed by atoms with Crippen LogP contribution in [0.1, 0.15) is 31.0 Å². The fourth-order valence-electron chi connectivity index (χ4n) is 2.82. The van der Waals surface area contributed by atoms with Crippen LogP contribution in [0.5, 0.6) is 17.2 Å². The van der Waals surface area contributed by atoms with E-state index in [0.717, 1.165) is 11.1 Å². The Kier molecular flexibility index (Phi) is 9.21. The van der Waals surface area contributed by atoms with Gasteiger partial charge in [0.2, 0.25) is 0 Å². The molecule has 1 atom stereocenters. The molecular formula is C22H30FN3O4. The van der Waals surface area contributed by atoms with E-state index < -0.39 is 5.82 Å². The van der Waals surface area contributed by atoms with Gasteiger partial charge in [0.15, 0.2) is 29.0 Å². The number of aliphatic hydroxyl groups excluding tert-OH is 1. The molecule has 3 N–H and O–H groups in total. The van der Waals surface area contributed by atoms with Crippen molar-refractivity contribution in [3.05, 3.63) is 53.3 Å². The van der Waals surface area contributed by atoms with Crippen LogP contribution in [0, 0.1) is 5.82 Å². The molecular weight excluding hydrogens is 389 g/mol. The molecule has 0 aliphatic carbocycles. The monoisotopic (exact) mass is 419 g/mol. The van der Waals surface area contributed by atoms with Gasteiger partial charge in [-0.1, -0.05) is 12.1 Å². The van der Waals surface area contributed by atoms with Crippen LogP contribution in [0.15, 0.2) is 41.4 Å². The maximum atomic E-state index is 14.0. The van der Waals surface area contributed by atoms with Crippen molar-refractivity contribution in [2.75, 3.05) is 34.0 Å². The maximum absolute atomic E-state index is 14.0. The maximum Gasteiger partial charge on any atom is 0.192 e. The van der Waals surface area contributed by atoms with E-state index in [1.165, 1.54) is 13.2 Å². The van der Waals surface area contributed by atoms with Gasteiger partial charge in [-0.3, -0.25) is 0 Å². The van der Waals surface area contributed by atoms with Crippen molar-refractivity contribution in [2.45, 2.75) is 26.4 Å². The van der Waals surface area contributed by atoms with E-state index in [4.69, 9.17) is 19.3 Å². The van der Waals surface area contributed by atoms with Crippen molar-refractivity contribution in [3.8, 4) is 17.2 Å². The summed E-state index contributed by atoms with van der Waals surface area (Å²) in [5.74, 6) is 1.57. The van der Waals surface area contributed by atoms with Gasteiger partial charge >= 0.3 is 0 Å². The largest absolute Gasteiger partial charge is 0.494 e. The minimum atomic E-state index is -0.402. The number of hydrogen-bond acceptors (Lipinski definition) is 5. The van der Waals surface area contributed by atoms with Crippen molar-refractivity contribution in [1.82, 2.24) is 10.6 Å². The highest BCUT2D eigenvalue weighted by Crippen LogP contribution is 2.28. The molecule has 0 aliphatic rings. The van der Waals surface area contributed by atoms with Gasteiger partial charge in [0.25, 0.3) is 0 Å². The van der Waals surface area contributed by atoms with Crippen LogP contribution < -0.4 is 24.8 Å². The third-order valence-corrected chi connectivity index (χ3v) is 4.37. The molecule has 2 rings (SSSR count). The third kappa shape index (κ3) is 6.52. The van der Waals surface area contributed by atoms with E-state index >= 15 is 0 Å². The van der Waals surface area contributed by atoms with Gasteiger partial charge in [-0.2, -0.15) is 0 Å². The van der Waals surface area contributed by atoms with E-state index in [2.05, 4.69) is 15.6 Å². The van der Waals surface area contributed by atoms with Gasteiger partial charge in [-0.15, -0.1) is 0 Å². The van der Waals surface area contributed by atoms with Crippen LogP contribution in [0.4, 0.5) is 4.39 Å². The Morgan fingerprint density at radius 1 is 1.10 bits per heavy atom. The van der Waals surface area contributed by atoms with E-state index in [-0.39, 0.29) is 25.0 Å². The summed E-state index contributed by atoms with van der Waals surface area (Å²) in [7, 11) is 3.01. The second kappa shape index (κ2) is 11.9. The lowest BCUT2D eigenvalue weighted by atomic mass is 10.1. The van der Waals surface area contributed by atoms with Crippen molar-refractivity contribution in [1.29, 1.82) is 0 Å². The number of nitrogens with zero attached hydrogens (tertiary/aromatic N) is 1. The first-order valence-electron chi connectivity index (χ1n) is 9.81. The summed E-state index contributed by atoms with van der Waals surface area (Å²) >= 11 is 0. The Bertz CT molecular complexity index is 845. The molecule has 164 valence electrons. The third-order valence-electron chi connectivity index (χ3n) is 4.37. The number of halogens is 1. The topological polar surface area (TPSA) is 84.3 Å². The number of guanidine groups is 1. The Balaban J connectivity index is 2.11. The van der Waals surface area contributed by atoms with E-state index in [1.54, 1.807) is 19.2 Å². The zero-order valence-corrected chi connectivity index (χ0v) is 17.9. The highest BCUT2D eigenvalue weighted by molar-refractivity contribution is 5.80. The standard InChI is InChI=1S/C22H30FN3O4/c1-5-24-22(26-15(2)17-7-9-19(28-3)18(23)13-17)25-14-16-6-8-20(30-11-10-27)21(12-16)29-4/h6-9,12-13,15,27H,5,10-11,14H2,1-4H3,(H2,24,25,26). The molecule has 0 saturated carbocycles. The van der Waals surface area contributed by atoms with Gasteiger partial charge in [0.1, 0.15) is 6.61 Å². The van der Waals surface area contributed by atoms with Crippen LogP contribution in [0.3, 0.4) is 0 Å². The smallest absolute Gasteiger partial charge is 0.192 e. The molecule has 0 aliphatic heterocycles. The lowest BCUT2D eigenvalue weighted by Gasteiger charge is -2.19. The number of hydrogen-bond donors (Lipinski definition) is 3. The van der Waals surface area contributed by atoms with Gasteiger partial charge in [0.05, 0.1) is 33.4 Å². The fourth-order valence-corrected chi connectivity index (χ4v) is 2.82. The number of aliphatic imine (C=N–C) groups is 1. The lowest BCUT2D eigenvalue weighted by molar-refractivity contribution is 0.196. The summed E-state index contributed by atoms with van der Waals surface area (Å²) in [6.45, 7) is 5.15. The van der Waals surface area contributed by atoms with Crippen LogP contribution >= 0.6 is 0 Å². The van der Waals surface area contributed by atoms with Gasteiger partial charge in [-0.05, 0) is 49.2 Å². The Labute approximate surface area is 176 Å². The predicted molar refractivity (Wildman–Crippen MR) is 115 cm³/mol. The van der Waals surface area contributed by atoms with E-state index in [1.807, 2.05) is 32.0 Å². The van der Waals surface area contributed by atoms with Crippen LogP contribution in [0.2, 0.25) is 0 Å². The Morgan fingerprint density at radius 3 is 2.47 bits per heavy atom. The van der Waals surface area contributed by atoms with Crippen LogP contribution in [-0.4, -0.2) is 45.0 Å². The summed E-state index contributed by atoms with van der Waals surface area (Å²) in [6, 6.07) is 10.3. The molecule has 7 nitrogen and oxygen atoms in total. The molecule has 0 spiro atoms. The van der Waals surface area contributed by atoms with Crippen molar-refractivity contribution in [2.24, 2.45) is 4.99 Å². The summed E-state index contributed by atoms with van der Waals surface area (Å²) < 4.78 is 29.8. The van der Waals surface area contributed by atoms with Crippen LogP contribution in [0.25, 0.3) is 0 Å². The average molecular weight is 419 g/mol. The quantitative estimate of drug-likeness (QED) is 0.406. The molecule has 0 saturated heterocycles. The van der Waals surface area contributed by atoms with E-state index in [0.29, 0.717) is 30.5 Å². The normalized spacial score (nSPS) is 12.3. The number of rotatable bonds is 10. The number of ether oxygens (including phenoxy) is 3. The molecule has 0 amide bonds. The molecule has 8 heteroatoms. The summed E-state index contributed by atoms with van der Waals surface area (Å²) in [5, 5.41) is 15.4. The second-order valence-electron chi connectivity index (χ2n) is 6.51. The highest BCUT2D eigenvalue weighted by Gasteiger charge is 2.12. The average Bonchev–Trinajstić information content (AvgIpc) is 2.76. The Hall–Kier alpha value is -3.00. The minimum Gasteiger partial charge on any atom is -0.494 e. The van der Waals surface area contributed by atoms with E-state index in [9.17, 15) is 4.39 Å². The lowest BCUT2D eigenvalue weighted by Crippen LogP contribution is -2.38. The summed E-state index contributed by atoms with van der Waals surface area (Å²) in [4.78, 5) is 4.61. The molecule has 30 heavy (non-hydrogen) atoms. The molecule has 2 aromatic rings. The van der Waals surface area contributed by atoms with Crippen molar-refractivity contribution in [3.63, 3.8) is 0 Å². The highest BCUT2D eigenvalue weighted by atomic mass is 19.1. The number of methoxy groups -OCH3 is 2. The summed E-state index contributed by atoms with van der Waals surface area (Å²) in [6.07, 6.45) is 0. The second-order valence-corrected chi connectivity index (χ2v) is 6.51. The zero-order chi connectivity index (χ0) is 21.9. The van der Waals surface area contributed by atoms with Gasteiger partial charge in [0, 0.05) is 6.54 Å². The first-order valence-corrected chi connectivity index (χ1v) is 9.81. The van der Waals surface area contributed by atoms with Crippen molar-refractivity contribution < 1.29 is 23.7 Å². The zero-order valence-electron chi connectivity index (χ0n) is 17.9. The fraction of sp³-hybridized carbons (Fsp3) is 0.409. The molecule has 0 bridgehead atoms. The van der Waals surface area contributed by atoms with Crippen molar-refractivity contribution >= 4 is 5.96 Å². The molecule has 1 unspecified atom stereocenters. The number of aliphatic hydroxyl groups is 1. The van der Waals surface area contributed by atoms with Gasteiger partial charge < -0.3 is 30.0 Å². The molecule has 0 aromatic heterocycles. The molecule has 0 radical (unpaired) electrons. The minimum absolute atomic E-state index is 0.0663. The Morgan fingerprint density at radius 2 is 1.83 bits per heavy atom. The molecule has 0 fully saturated rings. The first-order chi connectivity index (χ1) is 14.5.